The van der Waals surface area contributed by atoms with Crippen LogP contribution in [0.5, 0.6) is 0 Å². The maximum absolute atomic E-state index is 14.3. The van der Waals surface area contributed by atoms with Gasteiger partial charge in [0.1, 0.15) is 5.82 Å². The van der Waals surface area contributed by atoms with Gasteiger partial charge in [-0.15, -0.1) is 10.2 Å². The molecular weight excluding hydrogens is 457 g/mol. The highest BCUT2D eigenvalue weighted by molar-refractivity contribution is 7.99. The number of carbonyl (C=O) groups is 1. The summed E-state index contributed by atoms with van der Waals surface area (Å²) in [5.74, 6) is 2.70. The third-order valence-corrected chi connectivity index (χ3v) is 7.63. The molecule has 3 aromatic rings. The third-order valence-electron chi connectivity index (χ3n) is 5.74. The second kappa shape index (κ2) is 10.3. The predicted octanol–water partition coefficient (Wildman–Crippen LogP) is 4.70. The molecule has 2 fully saturated rings. The summed E-state index contributed by atoms with van der Waals surface area (Å²) in [6, 6.07) is 14.9. The highest BCUT2D eigenvalue weighted by Gasteiger charge is 2.31. The van der Waals surface area contributed by atoms with E-state index in [0.29, 0.717) is 16.5 Å². The number of anilines is 1. The molecule has 172 valence electrons. The Labute approximate surface area is 201 Å². The number of benzene rings is 2. The first-order chi connectivity index (χ1) is 16.2. The van der Waals surface area contributed by atoms with Crippen LogP contribution in [-0.4, -0.2) is 55.9 Å². The van der Waals surface area contributed by atoms with Crippen molar-refractivity contribution in [2.24, 2.45) is 0 Å². The molecule has 1 aromatic heterocycles. The molecule has 0 radical (unpaired) electrons. The first-order valence-electron chi connectivity index (χ1n) is 11.2. The van der Waals surface area contributed by atoms with E-state index in [4.69, 9.17) is 0 Å². The SMILES string of the molecule is O=C(CSc1nnc(-c2ccccc2F)n1C1CC1)Nc1cccc(CN2CCSCC2)c1. The molecule has 9 heteroatoms. The topological polar surface area (TPSA) is 63.1 Å². The minimum atomic E-state index is -0.315. The lowest BCUT2D eigenvalue weighted by Crippen LogP contribution is -2.31. The summed E-state index contributed by atoms with van der Waals surface area (Å²) in [6.07, 6.45) is 2.03. The van der Waals surface area contributed by atoms with E-state index in [1.807, 2.05) is 34.5 Å². The van der Waals surface area contributed by atoms with Crippen molar-refractivity contribution in [3.8, 4) is 11.4 Å². The van der Waals surface area contributed by atoms with Gasteiger partial charge in [-0.1, -0.05) is 36.0 Å². The monoisotopic (exact) mass is 483 g/mol. The zero-order chi connectivity index (χ0) is 22.6. The van der Waals surface area contributed by atoms with Gasteiger partial charge in [-0.3, -0.25) is 14.3 Å². The van der Waals surface area contributed by atoms with Crippen molar-refractivity contribution in [1.82, 2.24) is 19.7 Å². The average molecular weight is 484 g/mol. The van der Waals surface area contributed by atoms with Gasteiger partial charge >= 0.3 is 0 Å². The van der Waals surface area contributed by atoms with Crippen LogP contribution in [0, 0.1) is 5.82 Å². The molecule has 1 aliphatic heterocycles. The molecule has 1 saturated carbocycles. The lowest BCUT2D eigenvalue weighted by Gasteiger charge is -2.26. The summed E-state index contributed by atoms with van der Waals surface area (Å²) < 4.78 is 16.3. The van der Waals surface area contributed by atoms with E-state index in [0.717, 1.165) is 38.2 Å². The minimum absolute atomic E-state index is 0.0932. The van der Waals surface area contributed by atoms with Crippen molar-refractivity contribution in [2.75, 3.05) is 35.7 Å². The number of carbonyl (C=O) groups excluding carboxylic acids is 1. The summed E-state index contributed by atoms with van der Waals surface area (Å²) in [6.45, 7) is 3.12. The molecule has 1 saturated heterocycles. The highest BCUT2D eigenvalue weighted by Crippen LogP contribution is 2.41. The van der Waals surface area contributed by atoms with Gasteiger partial charge in [0.25, 0.3) is 0 Å². The lowest BCUT2D eigenvalue weighted by atomic mass is 10.2. The zero-order valence-corrected chi connectivity index (χ0v) is 19.9. The Bertz CT molecular complexity index is 1130. The van der Waals surface area contributed by atoms with E-state index in [1.54, 1.807) is 18.2 Å². The molecule has 0 atom stereocenters. The Kier molecular flexibility index (Phi) is 6.99. The molecular formula is C24H26FN5OS2. The van der Waals surface area contributed by atoms with Crippen LogP contribution in [0.3, 0.4) is 0 Å². The summed E-state index contributed by atoms with van der Waals surface area (Å²) in [4.78, 5) is 15.1. The fraction of sp³-hybridized carbons (Fsp3) is 0.375. The quantitative estimate of drug-likeness (QED) is 0.469. The van der Waals surface area contributed by atoms with E-state index in [2.05, 4.69) is 26.5 Å². The van der Waals surface area contributed by atoms with E-state index in [1.165, 1.54) is 34.9 Å². The van der Waals surface area contributed by atoms with Gasteiger partial charge in [0.2, 0.25) is 5.91 Å². The highest BCUT2D eigenvalue weighted by atomic mass is 32.2. The largest absolute Gasteiger partial charge is 0.325 e. The Morgan fingerprint density at radius 3 is 2.73 bits per heavy atom. The van der Waals surface area contributed by atoms with Crippen molar-refractivity contribution in [3.63, 3.8) is 0 Å². The molecule has 0 unspecified atom stereocenters. The maximum Gasteiger partial charge on any atom is 0.234 e. The van der Waals surface area contributed by atoms with Crippen LogP contribution in [0.25, 0.3) is 11.4 Å². The molecule has 6 nitrogen and oxygen atoms in total. The van der Waals surface area contributed by atoms with E-state index >= 15 is 0 Å². The minimum Gasteiger partial charge on any atom is -0.325 e. The predicted molar refractivity (Wildman–Crippen MR) is 132 cm³/mol. The zero-order valence-electron chi connectivity index (χ0n) is 18.2. The molecule has 33 heavy (non-hydrogen) atoms. The number of hydrogen-bond donors (Lipinski definition) is 1. The number of thioether (sulfide) groups is 2. The Morgan fingerprint density at radius 2 is 1.94 bits per heavy atom. The Hall–Kier alpha value is -2.36. The molecule has 2 heterocycles. The van der Waals surface area contributed by atoms with Crippen LogP contribution in [0.2, 0.25) is 0 Å². The van der Waals surface area contributed by atoms with Crippen LogP contribution in [0.4, 0.5) is 10.1 Å². The summed E-state index contributed by atoms with van der Waals surface area (Å²) >= 11 is 3.34. The number of amides is 1. The molecule has 1 aliphatic carbocycles. The van der Waals surface area contributed by atoms with E-state index in [9.17, 15) is 9.18 Å². The Morgan fingerprint density at radius 1 is 1.12 bits per heavy atom. The van der Waals surface area contributed by atoms with Gasteiger partial charge in [0.05, 0.1) is 11.3 Å². The van der Waals surface area contributed by atoms with Crippen LogP contribution < -0.4 is 5.32 Å². The average Bonchev–Trinajstić information content (AvgIpc) is 3.58. The number of halogens is 1. The van der Waals surface area contributed by atoms with Gasteiger partial charge in [0.15, 0.2) is 11.0 Å². The fourth-order valence-electron chi connectivity index (χ4n) is 3.96. The first kappa shape index (κ1) is 22.4. The summed E-state index contributed by atoms with van der Waals surface area (Å²) in [7, 11) is 0. The van der Waals surface area contributed by atoms with Crippen LogP contribution >= 0.6 is 23.5 Å². The number of rotatable bonds is 8. The smallest absolute Gasteiger partial charge is 0.234 e. The first-order valence-corrected chi connectivity index (χ1v) is 13.3. The molecule has 0 spiro atoms. The molecule has 5 rings (SSSR count). The second-order valence-corrected chi connectivity index (χ2v) is 10.5. The van der Waals surface area contributed by atoms with Gasteiger partial charge in [-0.05, 0) is 42.7 Å². The van der Waals surface area contributed by atoms with Crippen molar-refractivity contribution in [1.29, 1.82) is 0 Å². The molecule has 2 aliphatic rings. The molecule has 2 aromatic carbocycles. The van der Waals surface area contributed by atoms with Gasteiger partial charge in [-0.2, -0.15) is 11.8 Å². The fourth-order valence-corrected chi connectivity index (χ4v) is 5.74. The van der Waals surface area contributed by atoms with Crippen molar-refractivity contribution in [2.45, 2.75) is 30.6 Å². The summed E-state index contributed by atoms with van der Waals surface area (Å²) in [5.41, 5.74) is 2.45. The van der Waals surface area contributed by atoms with Crippen LogP contribution in [-0.2, 0) is 11.3 Å². The second-order valence-electron chi connectivity index (χ2n) is 8.31. The van der Waals surface area contributed by atoms with Crippen molar-refractivity contribution < 1.29 is 9.18 Å². The van der Waals surface area contributed by atoms with Gasteiger partial charge in [-0.25, -0.2) is 4.39 Å². The van der Waals surface area contributed by atoms with Crippen LogP contribution in [0.15, 0.2) is 53.7 Å². The number of hydrogen-bond acceptors (Lipinski definition) is 6. The Balaban J connectivity index is 1.22. The molecule has 1 amide bonds. The summed E-state index contributed by atoms with van der Waals surface area (Å²) in [5, 5.41) is 12.2. The molecule has 1 N–H and O–H groups in total. The van der Waals surface area contributed by atoms with E-state index < -0.39 is 0 Å². The van der Waals surface area contributed by atoms with Crippen molar-refractivity contribution >= 4 is 35.1 Å². The van der Waals surface area contributed by atoms with E-state index in [-0.39, 0.29) is 23.5 Å². The maximum atomic E-state index is 14.3. The van der Waals surface area contributed by atoms with Crippen LogP contribution in [0.1, 0.15) is 24.4 Å². The molecule has 0 bridgehead atoms. The lowest BCUT2D eigenvalue weighted by molar-refractivity contribution is -0.113. The third kappa shape index (κ3) is 5.59. The standard InChI is InChI=1S/C24H26FN5OS2/c25-21-7-2-1-6-20(21)23-27-28-24(30(23)19-8-9-19)33-16-22(31)26-18-5-3-4-17(14-18)15-29-10-12-32-13-11-29/h1-7,14,19H,8-13,15-16H2,(H,26,31). The van der Waals surface area contributed by atoms with Crippen molar-refractivity contribution in [3.05, 3.63) is 59.9 Å². The number of nitrogens with zero attached hydrogens (tertiary/aromatic N) is 4. The number of aromatic nitrogens is 3. The number of nitrogens with one attached hydrogen (secondary N) is 1. The van der Waals surface area contributed by atoms with Gasteiger partial charge < -0.3 is 5.32 Å². The van der Waals surface area contributed by atoms with Gasteiger partial charge in [0, 0.05) is 42.9 Å². The normalized spacial score (nSPS) is 16.6.